The first-order valence-electron chi connectivity index (χ1n) is 26.7. The minimum Gasteiger partial charge on any atom is -0.478 e. The fourth-order valence-corrected chi connectivity index (χ4v) is 10.1. The number of nitrogens with two attached hydrogens (primary N) is 3. The van der Waals surface area contributed by atoms with Gasteiger partial charge in [-0.1, -0.05) is 137 Å². The quantitative estimate of drug-likeness (QED) is 0.0217. The number of benzene rings is 6. The molecule has 0 fully saturated rings. The molecule has 0 heterocycles. The number of rotatable bonds is 14. The number of hydroxylamine groups is 6. The predicted octanol–water partition coefficient (Wildman–Crippen LogP) is 16.2. The van der Waals surface area contributed by atoms with Crippen LogP contribution in [0.1, 0.15) is 94.0 Å². The number of nitrogen functional groups attached to an aromatic ring is 3. The molecule has 6 amide bonds. The minimum atomic E-state index is -5.11. The van der Waals surface area contributed by atoms with Crippen molar-refractivity contribution >= 4 is 205 Å². The fraction of sp³-hybridized carbons (Fsp3) is 0.237. The highest BCUT2D eigenvalue weighted by Crippen LogP contribution is 2.36. The molecule has 41 heteroatoms. The number of alkyl halides is 9. The number of nitrogens with one attached hydrogen (secondary N) is 3. The van der Waals surface area contributed by atoms with Gasteiger partial charge in [-0.05, 0) is 104 Å². The number of nitrogens with zero attached hydrogens (tertiary/aromatic N) is 3. The Bertz CT molecular complexity index is 4040. The van der Waals surface area contributed by atoms with Crippen LogP contribution in [0.2, 0.25) is 30.1 Å². The lowest BCUT2D eigenvalue weighted by Crippen LogP contribution is -2.32. The van der Waals surface area contributed by atoms with Gasteiger partial charge < -0.3 is 43.4 Å². The van der Waals surface area contributed by atoms with Gasteiger partial charge >= 0.3 is 48.2 Å². The summed E-state index contributed by atoms with van der Waals surface area (Å²) in [7, 11) is 7.85. The van der Waals surface area contributed by atoms with Gasteiger partial charge in [0.15, 0.2) is 5.78 Å². The van der Waals surface area contributed by atoms with E-state index in [0.29, 0.717) is 48.0 Å². The summed E-state index contributed by atoms with van der Waals surface area (Å²) >= 11 is 44.0. The Morgan fingerprint density at radius 2 is 0.710 bits per heavy atom. The van der Waals surface area contributed by atoms with E-state index >= 15 is 0 Å². The third-order valence-corrected chi connectivity index (χ3v) is 15.3. The van der Waals surface area contributed by atoms with Gasteiger partial charge in [0.25, 0.3) is 17.7 Å². The predicted molar refractivity (Wildman–Crippen MR) is 369 cm³/mol. The number of aromatic carboxylic acids is 2. The van der Waals surface area contributed by atoms with Crippen molar-refractivity contribution in [3.05, 3.63) is 167 Å². The van der Waals surface area contributed by atoms with E-state index in [1.807, 2.05) is 6.92 Å². The minimum absolute atomic E-state index is 0.00868. The number of aryl methyl sites for hydroxylation is 2. The molecule has 6 aromatic carbocycles. The van der Waals surface area contributed by atoms with Gasteiger partial charge in [-0.3, -0.25) is 48.1 Å². The van der Waals surface area contributed by atoms with Gasteiger partial charge in [0.05, 0.1) is 113 Å². The summed E-state index contributed by atoms with van der Waals surface area (Å²) in [6.45, 7) is 4.78. The number of Topliss-reactive ketones (excluding diaryl/α,β-unsaturated/α-hetero) is 1. The summed E-state index contributed by atoms with van der Waals surface area (Å²) in [5.41, 5.74) is 17.0. The number of amides is 6. The highest BCUT2D eigenvalue weighted by molar-refractivity contribution is 9.11. The third kappa shape index (κ3) is 27.5. The Morgan fingerprint density at radius 1 is 0.430 bits per heavy atom. The number of hydrogen-bond donors (Lipinski definition) is 8. The molecule has 100 heavy (non-hydrogen) atoms. The van der Waals surface area contributed by atoms with Crippen molar-refractivity contribution in [3.63, 3.8) is 0 Å². The lowest BCUT2D eigenvalue weighted by atomic mass is 10.0. The van der Waals surface area contributed by atoms with E-state index in [1.165, 1.54) is 97.9 Å². The van der Waals surface area contributed by atoms with Crippen LogP contribution in [-0.4, -0.2) is 140 Å². The van der Waals surface area contributed by atoms with E-state index in [9.17, 15) is 82.7 Å². The van der Waals surface area contributed by atoms with Crippen LogP contribution in [0.25, 0.3) is 0 Å². The van der Waals surface area contributed by atoms with Crippen molar-refractivity contribution in [2.45, 2.75) is 52.1 Å². The van der Waals surface area contributed by atoms with Gasteiger partial charge in [0, 0.05) is 40.1 Å². The number of anilines is 6. The monoisotopic (exact) mass is 1730 g/mol. The van der Waals surface area contributed by atoms with E-state index < -0.39 is 77.2 Å². The molecule has 546 valence electrons. The Balaban J connectivity index is 0.000000609. The van der Waals surface area contributed by atoms with E-state index in [-0.39, 0.29) is 81.6 Å². The summed E-state index contributed by atoms with van der Waals surface area (Å²) in [6.07, 6.45) is -14.2. The normalized spacial score (nSPS) is 10.7. The van der Waals surface area contributed by atoms with Gasteiger partial charge in [-0.2, -0.15) is 39.5 Å². The highest BCUT2D eigenvalue weighted by Gasteiger charge is 2.42. The number of carboxylic acid groups (broad SMARTS) is 2. The van der Waals surface area contributed by atoms with Crippen molar-refractivity contribution in [1.29, 1.82) is 0 Å². The van der Waals surface area contributed by atoms with Gasteiger partial charge in [0.1, 0.15) is 0 Å². The zero-order valence-corrected chi connectivity index (χ0v) is 61.9. The number of halogens is 18. The van der Waals surface area contributed by atoms with E-state index in [0.717, 1.165) is 15.2 Å². The second-order valence-corrected chi connectivity index (χ2v) is 24.1. The average molecular weight is 1740 g/mol. The second kappa shape index (κ2) is 40.3. The van der Waals surface area contributed by atoms with Crippen molar-refractivity contribution in [3.8, 4) is 0 Å². The molecule has 11 N–H and O–H groups in total. The third-order valence-electron chi connectivity index (χ3n) is 12.1. The number of carbonyl (C=O) groups is 9. The maximum Gasteiger partial charge on any atom is 0.471 e. The van der Waals surface area contributed by atoms with Crippen LogP contribution >= 0.6 is 117 Å². The molecule has 0 unspecified atom stereocenters. The molecule has 0 saturated heterocycles. The lowest BCUT2D eigenvalue weighted by Gasteiger charge is -2.19. The summed E-state index contributed by atoms with van der Waals surface area (Å²) < 4.78 is 112. The van der Waals surface area contributed by atoms with Crippen LogP contribution in [0.4, 0.5) is 73.6 Å². The number of carbonyl (C=O) groups excluding carboxylic acids is 7. The van der Waals surface area contributed by atoms with Crippen LogP contribution < -0.4 is 33.2 Å². The standard InChI is InChI=1S/C13H14ClF3N2O3.C12H11ClF3NO2.C11H9BrClF3N2O3.C9H10BrClN2O2.C7H5BrClNO2.C7H6ClNO2/c1-4-7-5-8(11(20)19(2)22-3)10(9(14)6-7)18-12(21)13(15,16)17;1-3-7-4-8(6(2)18)10(9(13)5-7)17-11(19)12(14,15)16;1-18(21-2)9(19)6-3-5(12)4-7(13)8(6)17-10(20)11(14,15)16;1-13(15-2)9(14)6-3-5(10)4-7(11)8(6)12;8-3-1-4(7(11)12)6(10)5(9)2-3;8-5-3-1-2-4(6(5)9)7(10)11/h5-6H,4H2,1-3H3,(H,18,21);4-5H,3H2,1-2H3,(H,17,19);3-4H,1-2H3,(H,17,20);3-4H,12H2,1-2H3;1-2H,10H2,(H,11,12);1-3H,9H2,(H,10,11). The fourth-order valence-electron chi connectivity index (χ4n) is 6.86. The molecule has 6 rings (SSSR count). The molecule has 6 aromatic rings. The number of carboxylic acids is 2. The molecule has 0 radical (unpaired) electrons. The van der Waals surface area contributed by atoms with E-state index in [4.69, 9.17) is 107 Å². The average Bonchev–Trinajstić information content (AvgIpc) is 0.821. The molecule has 0 atom stereocenters. The first-order chi connectivity index (χ1) is 46.0. The summed E-state index contributed by atoms with van der Waals surface area (Å²) in [4.78, 5) is 116. The molecule has 0 aliphatic carbocycles. The van der Waals surface area contributed by atoms with Crippen LogP contribution in [0, 0.1) is 0 Å². The topological polar surface area (TPSA) is 346 Å². The SMILES string of the molecule is CCc1cc(Cl)c(NC(=O)C(F)(F)F)c(C(=O)N(C)OC)c1.CCc1cc(Cl)c(NC(=O)C(F)(F)F)c(C(C)=O)c1.CON(C)C(=O)c1cc(Br)cc(Cl)c1N.CON(C)C(=O)c1cc(Br)cc(Cl)c1NC(=O)C(F)(F)F.Nc1c(Cl)cc(Br)cc1C(=O)O.Nc1c(Cl)cccc1C(=O)O. The van der Waals surface area contributed by atoms with Gasteiger partial charge in [-0.15, -0.1) is 0 Å². The van der Waals surface area contributed by atoms with Crippen LogP contribution in [0.3, 0.4) is 0 Å². The van der Waals surface area contributed by atoms with Crippen LogP contribution in [0.5, 0.6) is 0 Å². The van der Waals surface area contributed by atoms with Crippen molar-refractivity contribution in [2.75, 3.05) is 75.6 Å². The molecular weight excluding hydrogens is 1680 g/mol. The molecule has 0 aliphatic rings. The Morgan fingerprint density at radius 3 is 1.03 bits per heavy atom. The molecule has 0 aliphatic heterocycles. The highest BCUT2D eigenvalue weighted by atomic mass is 79.9. The first kappa shape index (κ1) is 90.6. The largest absolute Gasteiger partial charge is 0.478 e. The smallest absolute Gasteiger partial charge is 0.471 e. The lowest BCUT2D eigenvalue weighted by molar-refractivity contribution is -0.167. The molecule has 23 nitrogen and oxygen atoms in total. The summed E-state index contributed by atoms with van der Waals surface area (Å²) in [5, 5.41) is 25.1. The first-order valence-corrected chi connectivity index (χ1v) is 31.4. The van der Waals surface area contributed by atoms with Gasteiger partial charge in [0.2, 0.25) is 0 Å². The molecule has 0 aromatic heterocycles. The molecular formula is C59H55Br3Cl6F9N9O14. The van der Waals surface area contributed by atoms with Crippen molar-refractivity contribution in [1.82, 2.24) is 15.2 Å². The maximum absolute atomic E-state index is 12.4. The van der Waals surface area contributed by atoms with Crippen molar-refractivity contribution < 1.29 is 107 Å². The maximum atomic E-state index is 12.4. The zero-order chi connectivity index (χ0) is 77.6. The Labute approximate surface area is 617 Å². The molecule has 0 spiro atoms. The van der Waals surface area contributed by atoms with Gasteiger partial charge in [-0.25, -0.2) is 24.8 Å². The second-order valence-electron chi connectivity index (χ2n) is 18.9. The van der Waals surface area contributed by atoms with Crippen LogP contribution in [-0.2, 0) is 41.7 Å². The number of hydrogen-bond acceptors (Lipinski definition) is 15. The molecule has 0 bridgehead atoms. The number of para-hydroxylation sites is 1. The van der Waals surface area contributed by atoms with E-state index in [2.05, 4.69) is 52.6 Å². The Hall–Kier alpha value is -7.42. The van der Waals surface area contributed by atoms with E-state index in [1.54, 1.807) is 53.2 Å². The van der Waals surface area contributed by atoms with Crippen LogP contribution in [0.15, 0.2) is 92.3 Å². The summed E-state index contributed by atoms with van der Waals surface area (Å²) in [6, 6.07) is 18.7. The molecule has 0 saturated carbocycles. The van der Waals surface area contributed by atoms with Crippen molar-refractivity contribution in [2.24, 2.45) is 0 Å². The Kier molecular flexibility index (Phi) is 36.5. The summed E-state index contributed by atoms with van der Waals surface area (Å²) in [5.74, 6) is -11.1. The zero-order valence-electron chi connectivity index (χ0n) is 52.6. The number of ketones is 1.